The summed E-state index contributed by atoms with van der Waals surface area (Å²) in [4.78, 5) is 26.1. The number of carbonyl (C=O) groups is 2. The van der Waals surface area contributed by atoms with Crippen LogP contribution in [0.4, 0.5) is 5.69 Å². The second kappa shape index (κ2) is 6.49. The zero-order valence-electron chi connectivity index (χ0n) is 11.8. The van der Waals surface area contributed by atoms with Gasteiger partial charge in [0.15, 0.2) is 0 Å². The Labute approximate surface area is 126 Å². The Bertz CT molecular complexity index is 662. The van der Waals surface area contributed by atoms with Crippen molar-refractivity contribution in [1.82, 2.24) is 4.98 Å². The van der Waals surface area contributed by atoms with E-state index in [4.69, 9.17) is 5.11 Å². The van der Waals surface area contributed by atoms with Crippen molar-refractivity contribution in [2.75, 3.05) is 11.6 Å². The monoisotopic (exact) mass is 304 g/mol. The first kappa shape index (κ1) is 15.2. The van der Waals surface area contributed by atoms with Gasteiger partial charge in [0.25, 0.3) is 5.91 Å². The van der Waals surface area contributed by atoms with Crippen LogP contribution in [-0.4, -0.2) is 28.2 Å². The van der Waals surface area contributed by atoms with Gasteiger partial charge in [-0.3, -0.25) is 4.79 Å². The molecule has 1 aromatic heterocycles. The molecule has 21 heavy (non-hydrogen) atoms. The van der Waals surface area contributed by atoms with Crippen LogP contribution in [0.25, 0.3) is 0 Å². The van der Waals surface area contributed by atoms with Crippen LogP contribution < -0.4 is 5.32 Å². The molecule has 1 amide bonds. The van der Waals surface area contributed by atoms with E-state index >= 15 is 0 Å². The van der Waals surface area contributed by atoms with E-state index in [9.17, 15) is 9.59 Å². The summed E-state index contributed by atoms with van der Waals surface area (Å²) < 4.78 is 0. The molecule has 0 radical (unpaired) electrons. The highest BCUT2D eigenvalue weighted by Crippen LogP contribution is 2.20. The lowest BCUT2D eigenvalue weighted by molar-refractivity contribution is 0.0697. The Kier molecular flexibility index (Phi) is 4.70. The third kappa shape index (κ3) is 3.46. The van der Waals surface area contributed by atoms with E-state index in [1.165, 1.54) is 6.20 Å². The molecule has 0 saturated carbocycles. The quantitative estimate of drug-likeness (QED) is 0.792. The van der Waals surface area contributed by atoms with Gasteiger partial charge in [-0.15, -0.1) is 0 Å². The zero-order valence-corrected chi connectivity index (χ0v) is 12.6. The van der Waals surface area contributed by atoms with Gasteiger partial charge in [-0.1, -0.05) is 12.1 Å². The van der Waals surface area contributed by atoms with Gasteiger partial charge in [0.2, 0.25) is 0 Å². The van der Waals surface area contributed by atoms with Gasteiger partial charge in [0.1, 0.15) is 5.56 Å². The molecular formula is C15H16N2O3S. The minimum absolute atomic E-state index is 0.0855. The summed E-state index contributed by atoms with van der Waals surface area (Å²) in [6, 6.07) is 7.26. The topological polar surface area (TPSA) is 82.2 Å². The number of hydrogen-bond acceptors (Lipinski definition) is 3. The Hall–Kier alpha value is -2.21. The van der Waals surface area contributed by atoms with Gasteiger partial charge < -0.3 is 15.4 Å². The van der Waals surface area contributed by atoms with Crippen molar-refractivity contribution in [3.63, 3.8) is 0 Å². The van der Waals surface area contributed by atoms with Gasteiger partial charge >= 0.3 is 5.97 Å². The highest BCUT2D eigenvalue weighted by Gasteiger charge is 2.17. The number of carboxylic acid groups (broad SMARTS) is 1. The van der Waals surface area contributed by atoms with Crippen molar-refractivity contribution in [1.29, 1.82) is 0 Å². The Morgan fingerprint density at radius 3 is 2.52 bits per heavy atom. The van der Waals surface area contributed by atoms with Crippen LogP contribution in [0.5, 0.6) is 0 Å². The second-order valence-electron chi connectivity index (χ2n) is 4.59. The first-order valence-electron chi connectivity index (χ1n) is 6.33. The van der Waals surface area contributed by atoms with Crippen molar-refractivity contribution in [2.45, 2.75) is 12.7 Å². The van der Waals surface area contributed by atoms with Gasteiger partial charge in [-0.2, -0.15) is 11.8 Å². The van der Waals surface area contributed by atoms with Gasteiger partial charge in [-0.25, -0.2) is 4.79 Å². The predicted octanol–water partition coefficient (Wildman–Crippen LogP) is 3.14. The SMILES string of the molecule is CSCc1ccc(C(=O)Nc2c[nH]c(C)c2C(=O)O)cc1. The first-order chi connectivity index (χ1) is 10.0. The summed E-state index contributed by atoms with van der Waals surface area (Å²) in [6.45, 7) is 1.65. The fraction of sp³-hybridized carbons (Fsp3) is 0.200. The number of aryl methyl sites for hydroxylation is 1. The number of thioether (sulfide) groups is 1. The normalized spacial score (nSPS) is 10.4. The Morgan fingerprint density at radius 1 is 1.29 bits per heavy atom. The van der Waals surface area contributed by atoms with Crippen molar-refractivity contribution in [2.24, 2.45) is 0 Å². The lowest BCUT2D eigenvalue weighted by Crippen LogP contribution is -2.14. The van der Waals surface area contributed by atoms with Gasteiger partial charge in [0, 0.05) is 23.2 Å². The summed E-state index contributed by atoms with van der Waals surface area (Å²) in [7, 11) is 0. The number of H-pyrrole nitrogens is 1. The van der Waals surface area contributed by atoms with E-state index in [0.717, 1.165) is 11.3 Å². The molecule has 0 aliphatic carbocycles. The standard InChI is InChI=1S/C15H16N2O3S/c1-9-13(15(19)20)12(7-16-9)17-14(18)11-5-3-10(4-6-11)8-21-2/h3-7,16H,8H2,1-2H3,(H,17,18)(H,19,20). The molecule has 1 heterocycles. The molecule has 0 spiro atoms. The number of aromatic amines is 1. The number of anilines is 1. The van der Waals surface area contributed by atoms with Crippen LogP contribution in [0.1, 0.15) is 32.0 Å². The predicted molar refractivity (Wildman–Crippen MR) is 84.1 cm³/mol. The van der Waals surface area contributed by atoms with E-state index < -0.39 is 5.97 Å². The lowest BCUT2D eigenvalue weighted by atomic mass is 10.1. The maximum atomic E-state index is 12.1. The summed E-state index contributed by atoms with van der Waals surface area (Å²) in [5.41, 5.74) is 2.51. The molecule has 5 nitrogen and oxygen atoms in total. The summed E-state index contributed by atoms with van der Waals surface area (Å²) >= 11 is 1.71. The average molecular weight is 304 g/mol. The number of carboxylic acids is 1. The molecule has 0 saturated heterocycles. The molecule has 2 aromatic rings. The van der Waals surface area contributed by atoms with Crippen molar-refractivity contribution in [3.05, 3.63) is 52.8 Å². The summed E-state index contributed by atoms with van der Waals surface area (Å²) in [5, 5.41) is 11.8. The number of aromatic carboxylic acids is 1. The second-order valence-corrected chi connectivity index (χ2v) is 5.46. The molecule has 0 bridgehead atoms. The molecule has 0 fully saturated rings. The number of benzene rings is 1. The third-order valence-electron chi connectivity index (χ3n) is 3.07. The van der Waals surface area contributed by atoms with Crippen LogP contribution in [0.15, 0.2) is 30.5 Å². The summed E-state index contributed by atoms with van der Waals surface area (Å²) in [6.07, 6.45) is 3.50. The van der Waals surface area contributed by atoms with Crippen molar-refractivity contribution >= 4 is 29.3 Å². The number of rotatable bonds is 5. The molecule has 0 aliphatic heterocycles. The molecule has 0 atom stereocenters. The Balaban J connectivity index is 2.16. The van der Waals surface area contributed by atoms with Crippen LogP contribution >= 0.6 is 11.8 Å². The molecule has 1 aromatic carbocycles. The molecule has 3 N–H and O–H groups in total. The number of aromatic nitrogens is 1. The number of amides is 1. The van der Waals surface area contributed by atoms with Crippen molar-refractivity contribution < 1.29 is 14.7 Å². The van der Waals surface area contributed by atoms with E-state index in [2.05, 4.69) is 10.3 Å². The average Bonchev–Trinajstić information content (AvgIpc) is 2.81. The number of carbonyl (C=O) groups excluding carboxylic acids is 1. The van der Waals surface area contributed by atoms with E-state index in [1.807, 2.05) is 18.4 Å². The van der Waals surface area contributed by atoms with Gasteiger partial charge in [0.05, 0.1) is 5.69 Å². The van der Waals surface area contributed by atoms with E-state index in [-0.39, 0.29) is 17.2 Å². The molecular weight excluding hydrogens is 288 g/mol. The minimum Gasteiger partial charge on any atom is -0.478 e. The number of hydrogen-bond donors (Lipinski definition) is 3. The largest absolute Gasteiger partial charge is 0.478 e. The van der Waals surface area contributed by atoms with E-state index in [1.54, 1.807) is 30.8 Å². The highest BCUT2D eigenvalue weighted by atomic mass is 32.2. The molecule has 110 valence electrons. The Morgan fingerprint density at radius 2 is 1.95 bits per heavy atom. The fourth-order valence-electron chi connectivity index (χ4n) is 2.01. The molecule has 6 heteroatoms. The fourth-order valence-corrected chi connectivity index (χ4v) is 2.54. The van der Waals surface area contributed by atoms with Crippen LogP contribution in [0.3, 0.4) is 0 Å². The number of nitrogens with one attached hydrogen (secondary N) is 2. The van der Waals surface area contributed by atoms with Crippen molar-refractivity contribution in [3.8, 4) is 0 Å². The lowest BCUT2D eigenvalue weighted by Gasteiger charge is -2.06. The molecule has 2 rings (SSSR count). The highest BCUT2D eigenvalue weighted by molar-refractivity contribution is 7.97. The van der Waals surface area contributed by atoms with E-state index in [0.29, 0.717) is 11.3 Å². The minimum atomic E-state index is -1.07. The molecule has 0 aliphatic rings. The first-order valence-corrected chi connectivity index (χ1v) is 7.72. The maximum Gasteiger partial charge on any atom is 0.339 e. The van der Waals surface area contributed by atoms with Crippen LogP contribution in [0, 0.1) is 6.92 Å². The smallest absolute Gasteiger partial charge is 0.339 e. The van der Waals surface area contributed by atoms with Gasteiger partial charge in [-0.05, 0) is 30.9 Å². The van der Waals surface area contributed by atoms with Crippen LogP contribution in [0.2, 0.25) is 0 Å². The maximum absolute atomic E-state index is 12.1. The summed E-state index contributed by atoms with van der Waals surface area (Å²) in [5.74, 6) is -0.506. The molecule has 0 unspecified atom stereocenters. The third-order valence-corrected chi connectivity index (χ3v) is 3.69. The zero-order chi connectivity index (χ0) is 15.4. The van der Waals surface area contributed by atoms with Crippen LogP contribution in [-0.2, 0) is 5.75 Å².